The number of carbonyl (C=O) groups is 1. The number of nitrogens with one attached hydrogen (secondary N) is 1. The number of aromatic nitrogens is 1. The van der Waals surface area contributed by atoms with E-state index < -0.39 is 0 Å². The fraction of sp³-hybridized carbons (Fsp3) is 0.227. The first kappa shape index (κ1) is 19.8. The first-order valence-electron chi connectivity index (χ1n) is 8.97. The number of ether oxygens (including phenoxy) is 1. The predicted octanol–water partition coefficient (Wildman–Crippen LogP) is 5.06. The molecule has 1 N–H and O–H groups in total. The molecule has 0 saturated carbocycles. The van der Waals surface area contributed by atoms with Gasteiger partial charge in [-0.15, -0.1) is 11.3 Å². The summed E-state index contributed by atoms with van der Waals surface area (Å²) >= 11 is 1.49. The average Bonchev–Trinajstić information content (AvgIpc) is 3.04. The van der Waals surface area contributed by atoms with E-state index >= 15 is 0 Å². The number of nitrogens with zero attached hydrogens (tertiary/aromatic N) is 2. The third-order valence-electron chi connectivity index (χ3n) is 3.72. The van der Waals surface area contributed by atoms with Gasteiger partial charge in [0.25, 0.3) is 5.91 Å². The Morgan fingerprint density at radius 2 is 1.79 bits per heavy atom. The minimum atomic E-state index is -0.320. The van der Waals surface area contributed by atoms with Gasteiger partial charge in [0, 0.05) is 10.4 Å². The maximum atomic E-state index is 12.4. The lowest BCUT2D eigenvalue weighted by atomic mass is 10.2. The average molecular weight is 394 g/mol. The Balaban J connectivity index is 1.63. The van der Waals surface area contributed by atoms with E-state index in [1.807, 2.05) is 82.3 Å². The van der Waals surface area contributed by atoms with E-state index in [2.05, 4.69) is 15.5 Å². The van der Waals surface area contributed by atoms with Crippen molar-refractivity contribution in [1.29, 1.82) is 0 Å². The molecule has 3 aromatic rings. The highest BCUT2D eigenvalue weighted by atomic mass is 32.1. The van der Waals surface area contributed by atoms with Gasteiger partial charge < -0.3 is 4.74 Å². The van der Waals surface area contributed by atoms with Crippen LogP contribution in [0.25, 0.3) is 10.6 Å². The van der Waals surface area contributed by atoms with Crippen LogP contribution in [0.3, 0.4) is 0 Å². The van der Waals surface area contributed by atoms with Crippen LogP contribution in [-0.4, -0.2) is 22.7 Å². The van der Waals surface area contributed by atoms with Gasteiger partial charge >= 0.3 is 0 Å². The number of amides is 1. The van der Waals surface area contributed by atoms with Crippen molar-refractivity contribution in [3.63, 3.8) is 0 Å². The molecule has 1 amide bonds. The Bertz CT molecular complexity index is 971. The van der Waals surface area contributed by atoms with Gasteiger partial charge in [-0.3, -0.25) is 4.79 Å². The second-order valence-corrected chi connectivity index (χ2v) is 8.48. The second kappa shape index (κ2) is 8.35. The van der Waals surface area contributed by atoms with E-state index in [9.17, 15) is 4.79 Å². The van der Waals surface area contributed by atoms with Crippen molar-refractivity contribution in [2.75, 3.05) is 0 Å². The first-order chi connectivity index (χ1) is 13.3. The molecule has 3 rings (SSSR count). The zero-order chi connectivity index (χ0) is 20.1. The van der Waals surface area contributed by atoms with Crippen LogP contribution in [-0.2, 0) is 0 Å². The number of carbonyl (C=O) groups excluding carboxylic acids is 1. The Morgan fingerprint density at radius 1 is 1.11 bits per heavy atom. The lowest BCUT2D eigenvalue weighted by molar-refractivity contribution is 0.0950. The van der Waals surface area contributed by atoms with Crippen LogP contribution in [0, 0.1) is 6.92 Å². The molecule has 28 heavy (non-hydrogen) atoms. The smallest absolute Gasteiger partial charge is 0.291 e. The normalized spacial score (nSPS) is 11.6. The van der Waals surface area contributed by atoms with E-state index in [1.165, 1.54) is 11.3 Å². The highest BCUT2D eigenvalue weighted by molar-refractivity contribution is 7.15. The van der Waals surface area contributed by atoms with Crippen LogP contribution >= 0.6 is 11.3 Å². The SMILES string of the molecule is Cc1sc(-c2ccccc2)nc1C(=O)N/N=C\c1ccc(OC(C)(C)C)cc1. The molecular formula is C22H23N3O2S. The molecule has 6 heteroatoms. The van der Waals surface area contributed by atoms with E-state index in [4.69, 9.17) is 4.74 Å². The Kier molecular flexibility index (Phi) is 5.90. The first-order valence-corrected chi connectivity index (χ1v) is 9.79. The monoisotopic (exact) mass is 393 g/mol. The van der Waals surface area contributed by atoms with E-state index in [0.29, 0.717) is 5.69 Å². The Hall–Kier alpha value is -2.99. The van der Waals surface area contributed by atoms with Crippen molar-refractivity contribution >= 4 is 23.5 Å². The molecule has 2 aromatic carbocycles. The summed E-state index contributed by atoms with van der Waals surface area (Å²) in [6.07, 6.45) is 1.60. The third kappa shape index (κ3) is 5.27. The van der Waals surface area contributed by atoms with Gasteiger partial charge in [-0.1, -0.05) is 30.3 Å². The van der Waals surface area contributed by atoms with Crippen LogP contribution < -0.4 is 10.2 Å². The topological polar surface area (TPSA) is 63.6 Å². The summed E-state index contributed by atoms with van der Waals surface area (Å²) in [6.45, 7) is 7.89. The van der Waals surface area contributed by atoms with Crippen molar-refractivity contribution in [2.24, 2.45) is 5.10 Å². The van der Waals surface area contributed by atoms with Crippen LogP contribution in [0.1, 0.15) is 41.7 Å². The predicted molar refractivity (Wildman–Crippen MR) is 114 cm³/mol. The number of aryl methyl sites for hydroxylation is 1. The Labute approximate surface area is 169 Å². The van der Waals surface area contributed by atoms with E-state index in [1.54, 1.807) is 6.21 Å². The summed E-state index contributed by atoms with van der Waals surface area (Å²) in [5.41, 5.74) is 4.56. The highest BCUT2D eigenvalue weighted by Crippen LogP contribution is 2.27. The molecule has 0 atom stereocenters. The maximum absolute atomic E-state index is 12.4. The van der Waals surface area contributed by atoms with Crippen molar-refractivity contribution in [1.82, 2.24) is 10.4 Å². The second-order valence-electron chi connectivity index (χ2n) is 7.27. The van der Waals surface area contributed by atoms with Crippen LogP contribution in [0.2, 0.25) is 0 Å². The standard InChI is InChI=1S/C22H23N3O2S/c1-15-19(24-21(28-15)17-8-6-5-7-9-17)20(26)25-23-14-16-10-12-18(13-11-16)27-22(2,3)4/h5-14H,1-4H3,(H,25,26)/b23-14-. The molecule has 0 saturated heterocycles. The number of hydrogen-bond donors (Lipinski definition) is 1. The van der Waals surface area contributed by atoms with Gasteiger partial charge in [0.15, 0.2) is 0 Å². The summed E-state index contributed by atoms with van der Waals surface area (Å²) in [5, 5.41) is 4.87. The molecule has 0 aliphatic heterocycles. The van der Waals surface area contributed by atoms with Crippen molar-refractivity contribution < 1.29 is 9.53 Å². The van der Waals surface area contributed by atoms with Crippen LogP contribution in [0.5, 0.6) is 5.75 Å². The summed E-state index contributed by atoms with van der Waals surface area (Å²) in [6, 6.07) is 17.3. The van der Waals surface area contributed by atoms with Crippen molar-refractivity contribution in [3.05, 3.63) is 70.7 Å². The van der Waals surface area contributed by atoms with Gasteiger partial charge in [0.2, 0.25) is 0 Å². The summed E-state index contributed by atoms with van der Waals surface area (Å²) in [4.78, 5) is 17.7. The molecule has 0 spiro atoms. The van der Waals surface area contributed by atoms with Crippen molar-refractivity contribution in [3.8, 4) is 16.3 Å². The van der Waals surface area contributed by atoms with E-state index in [0.717, 1.165) is 26.8 Å². The van der Waals surface area contributed by atoms with Gasteiger partial charge in [-0.05, 0) is 57.5 Å². The highest BCUT2D eigenvalue weighted by Gasteiger charge is 2.16. The number of thiazole rings is 1. The van der Waals surface area contributed by atoms with Crippen LogP contribution in [0.4, 0.5) is 0 Å². The van der Waals surface area contributed by atoms with E-state index in [-0.39, 0.29) is 11.5 Å². The molecule has 0 radical (unpaired) electrons. The lowest BCUT2D eigenvalue weighted by Crippen LogP contribution is -2.22. The number of benzene rings is 2. The van der Waals surface area contributed by atoms with Crippen molar-refractivity contribution in [2.45, 2.75) is 33.3 Å². The lowest BCUT2D eigenvalue weighted by Gasteiger charge is -2.21. The molecule has 0 unspecified atom stereocenters. The molecule has 0 fully saturated rings. The minimum absolute atomic E-state index is 0.242. The zero-order valence-corrected chi connectivity index (χ0v) is 17.2. The summed E-state index contributed by atoms with van der Waals surface area (Å²) in [7, 11) is 0. The molecule has 0 aliphatic carbocycles. The van der Waals surface area contributed by atoms with Gasteiger partial charge in [0.05, 0.1) is 6.21 Å². The third-order valence-corrected chi connectivity index (χ3v) is 4.74. The summed E-state index contributed by atoms with van der Waals surface area (Å²) < 4.78 is 5.79. The fourth-order valence-electron chi connectivity index (χ4n) is 2.51. The maximum Gasteiger partial charge on any atom is 0.291 e. The summed E-state index contributed by atoms with van der Waals surface area (Å²) in [5.74, 6) is 0.472. The molecule has 5 nitrogen and oxygen atoms in total. The quantitative estimate of drug-likeness (QED) is 0.487. The molecule has 144 valence electrons. The largest absolute Gasteiger partial charge is 0.488 e. The fourth-order valence-corrected chi connectivity index (χ4v) is 3.42. The number of hydrogen-bond acceptors (Lipinski definition) is 5. The molecule has 0 bridgehead atoms. The minimum Gasteiger partial charge on any atom is -0.488 e. The molecule has 1 aromatic heterocycles. The van der Waals surface area contributed by atoms with Gasteiger partial charge in [0.1, 0.15) is 22.1 Å². The van der Waals surface area contributed by atoms with Gasteiger partial charge in [-0.25, -0.2) is 10.4 Å². The molecular weight excluding hydrogens is 370 g/mol. The zero-order valence-electron chi connectivity index (χ0n) is 16.4. The van der Waals surface area contributed by atoms with Gasteiger partial charge in [-0.2, -0.15) is 5.10 Å². The number of hydrazone groups is 1. The number of rotatable bonds is 5. The molecule has 0 aliphatic rings. The van der Waals surface area contributed by atoms with Crippen LogP contribution in [0.15, 0.2) is 59.7 Å². The molecule has 1 heterocycles. The Morgan fingerprint density at radius 3 is 2.43 bits per heavy atom.